The summed E-state index contributed by atoms with van der Waals surface area (Å²) in [6.45, 7) is 3.42. The maximum atomic E-state index is 12.6. The number of nitrogens with zero attached hydrogens (tertiary/aromatic N) is 1. The van der Waals surface area contributed by atoms with Crippen LogP contribution in [0.2, 0.25) is 0 Å². The molecule has 24 heavy (non-hydrogen) atoms. The van der Waals surface area contributed by atoms with Gasteiger partial charge in [-0.3, -0.25) is 4.79 Å². The summed E-state index contributed by atoms with van der Waals surface area (Å²) in [6, 6.07) is 4.04. The number of carbonyl (C=O) groups is 2. The number of benzene rings is 1. The van der Waals surface area contributed by atoms with E-state index in [1.165, 1.54) is 12.1 Å². The molecule has 0 spiro atoms. The van der Waals surface area contributed by atoms with E-state index < -0.39 is 29.8 Å². The molecular weight excluding hydrogens is 322 g/mol. The van der Waals surface area contributed by atoms with Crippen LogP contribution in [-0.2, 0) is 4.79 Å². The van der Waals surface area contributed by atoms with Crippen molar-refractivity contribution in [2.45, 2.75) is 38.7 Å². The van der Waals surface area contributed by atoms with Gasteiger partial charge in [0.05, 0.1) is 11.0 Å². The molecule has 9 heteroatoms. The molecule has 0 aliphatic heterocycles. The van der Waals surface area contributed by atoms with E-state index in [-0.39, 0.29) is 12.8 Å². The second-order valence-electron chi connectivity index (χ2n) is 6.01. The van der Waals surface area contributed by atoms with E-state index in [0.29, 0.717) is 16.7 Å². The van der Waals surface area contributed by atoms with Crippen LogP contribution in [0, 0.1) is 0 Å². The number of halogens is 2. The van der Waals surface area contributed by atoms with Crippen molar-refractivity contribution < 1.29 is 23.5 Å². The summed E-state index contributed by atoms with van der Waals surface area (Å²) >= 11 is 0. The largest absolute Gasteiger partial charge is 0.481 e. The molecule has 1 aromatic heterocycles. The first-order valence-electron chi connectivity index (χ1n) is 7.25. The lowest BCUT2D eigenvalue weighted by Gasteiger charge is -2.25. The fourth-order valence-electron chi connectivity index (χ4n) is 2.16. The highest BCUT2D eigenvalue weighted by Gasteiger charge is 2.21. The Hall–Kier alpha value is -2.71. The van der Waals surface area contributed by atoms with Crippen molar-refractivity contribution in [3.05, 3.63) is 24.0 Å². The Morgan fingerprint density at radius 2 is 2.08 bits per heavy atom. The third-order valence-corrected chi connectivity index (χ3v) is 3.38. The third-order valence-electron chi connectivity index (χ3n) is 3.38. The molecule has 0 bridgehead atoms. The zero-order valence-electron chi connectivity index (χ0n) is 13.2. The van der Waals surface area contributed by atoms with Crippen LogP contribution < -0.4 is 10.6 Å². The highest BCUT2D eigenvalue weighted by Crippen LogP contribution is 2.22. The van der Waals surface area contributed by atoms with Gasteiger partial charge in [-0.05, 0) is 38.5 Å². The lowest BCUT2D eigenvalue weighted by Crippen LogP contribution is -2.45. The van der Waals surface area contributed by atoms with Gasteiger partial charge in [-0.1, -0.05) is 0 Å². The molecule has 4 N–H and O–H groups in total. The molecule has 7 nitrogen and oxygen atoms in total. The fourth-order valence-corrected chi connectivity index (χ4v) is 2.16. The Morgan fingerprint density at radius 1 is 1.38 bits per heavy atom. The first kappa shape index (κ1) is 17.6. The topological polar surface area (TPSA) is 107 Å². The molecule has 1 aromatic carbocycles. The average molecular weight is 340 g/mol. The molecule has 0 aliphatic carbocycles. The van der Waals surface area contributed by atoms with Crippen molar-refractivity contribution in [3.8, 4) is 0 Å². The molecule has 0 unspecified atom stereocenters. The minimum absolute atomic E-state index is 0.0657. The van der Waals surface area contributed by atoms with Crippen LogP contribution in [0.25, 0.3) is 11.0 Å². The summed E-state index contributed by atoms with van der Waals surface area (Å²) in [4.78, 5) is 28.8. The van der Waals surface area contributed by atoms with Crippen LogP contribution in [-0.4, -0.2) is 32.6 Å². The van der Waals surface area contributed by atoms with Crippen molar-refractivity contribution >= 4 is 28.7 Å². The zero-order valence-corrected chi connectivity index (χ0v) is 13.2. The van der Waals surface area contributed by atoms with E-state index in [0.717, 1.165) is 0 Å². The monoisotopic (exact) mass is 340 g/mol. The van der Waals surface area contributed by atoms with Crippen LogP contribution in [0.5, 0.6) is 0 Å². The van der Waals surface area contributed by atoms with Crippen molar-refractivity contribution in [1.82, 2.24) is 15.3 Å². The normalized spacial score (nSPS) is 11.7. The summed E-state index contributed by atoms with van der Waals surface area (Å²) in [5.41, 5.74) is 0.452. The lowest BCUT2D eigenvalue weighted by molar-refractivity contribution is -0.137. The maximum absolute atomic E-state index is 12.6. The maximum Gasteiger partial charge on any atom is 0.319 e. The van der Waals surface area contributed by atoms with Crippen molar-refractivity contribution in [2.75, 3.05) is 5.32 Å². The molecule has 0 saturated carbocycles. The second-order valence-corrected chi connectivity index (χ2v) is 6.01. The number of carboxylic acid groups (broad SMARTS) is 1. The van der Waals surface area contributed by atoms with Gasteiger partial charge in [-0.2, -0.15) is 0 Å². The number of amides is 2. The Kier molecular flexibility index (Phi) is 5.01. The predicted octanol–water partition coefficient (Wildman–Crippen LogP) is 3.27. The summed E-state index contributed by atoms with van der Waals surface area (Å²) in [5.74, 6) is -1.37. The van der Waals surface area contributed by atoms with E-state index in [1.54, 1.807) is 19.9 Å². The number of urea groups is 1. The molecule has 2 rings (SSSR count). The highest BCUT2D eigenvalue weighted by molar-refractivity contribution is 5.92. The van der Waals surface area contributed by atoms with Crippen LogP contribution in [0.15, 0.2) is 18.2 Å². The minimum Gasteiger partial charge on any atom is -0.481 e. The molecule has 2 amide bonds. The van der Waals surface area contributed by atoms with E-state index in [2.05, 4.69) is 20.6 Å². The number of anilines is 1. The van der Waals surface area contributed by atoms with Gasteiger partial charge in [0, 0.05) is 17.6 Å². The Labute approximate surface area is 136 Å². The first-order chi connectivity index (χ1) is 11.2. The molecule has 0 radical (unpaired) electrons. The molecule has 0 atom stereocenters. The van der Waals surface area contributed by atoms with Crippen LogP contribution in [0.4, 0.5) is 19.3 Å². The number of rotatable bonds is 6. The lowest BCUT2D eigenvalue weighted by atomic mass is 9.99. The quantitative estimate of drug-likeness (QED) is 0.647. The van der Waals surface area contributed by atoms with E-state index >= 15 is 0 Å². The standard InChI is InChI=1S/C15H18F2N4O3/c1-15(2,6-5-11(22)23)21-14(24)18-8-3-4-9-10(7-8)20-13(19-9)12(16)17/h3-4,7,12H,5-6H2,1-2H3,(H,19,20)(H,22,23)(H2,18,21,24). The average Bonchev–Trinajstić information content (AvgIpc) is 2.88. The zero-order chi connectivity index (χ0) is 17.9. The van der Waals surface area contributed by atoms with Gasteiger partial charge in [0.2, 0.25) is 0 Å². The number of hydrogen-bond acceptors (Lipinski definition) is 3. The Morgan fingerprint density at radius 3 is 2.71 bits per heavy atom. The number of aromatic nitrogens is 2. The van der Waals surface area contributed by atoms with Gasteiger partial charge in [0.15, 0.2) is 5.82 Å². The minimum atomic E-state index is -2.70. The first-order valence-corrected chi connectivity index (χ1v) is 7.25. The number of H-pyrrole nitrogens is 1. The molecule has 0 fully saturated rings. The van der Waals surface area contributed by atoms with Crippen LogP contribution >= 0.6 is 0 Å². The molecule has 130 valence electrons. The van der Waals surface area contributed by atoms with E-state index in [1.807, 2.05) is 0 Å². The molecule has 0 aliphatic rings. The highest BCUT2D eigenvalue weighted by atomic mass is 19.3. The van der Waals surface area contributed by atoms with Crippen molar-refractivity contribution in [1.29, 1.82) is 0 Å². The third kappa shape index (κ3) is 4.64. The summed E-state index contributed by atoms with van der Waals surface area (Å²) in [6.07, 6.45) is -2.50. The number of imidazole rings is 1. The van der Waals surface area contributed by atoms with Gasteiger partial charge in [0.1, 0.15) is 0 Å². The van der Waals surface area contributed by atoms with Gasteiger partial charge < -0.3 is 20.7 Å². The van der Waals surface area contributed by atoms with Crippen molar-refractivity contribution in [3.63, 3.8) is 0 Å². The summed E-state index contributed by atoms with van der Waals surface area (Å²) in [7, 11) is 0. The Bertz CT molecular complexity index is 758. The second kappa shape index (κ2) is 6.81. The summed E-state index contributed by atoms with van der Waals surface area (Å²) < 4.78 is 25.2. The van der Waals surface area contributed by atoms with Crippen molar-refractivity contribution in [2.24, 2.45) is 0 Å². The molecule has 1 heterocycles. The van der Waals surface area contributed by atoms with Gasteiger partial charge >= 0.3 is 12.0 Å². The number of nitrogens with one attached hydrogen (secondary N) is 3. The van der Waals surface area contributed by atoms with Gasteiger partial charge in [-0.25, -0.2) is 18.6 Å². The number of fused-ring (bicyclic) bond motifs is 1. The molecule has 0 saturated heterocycles. The predicted molar refractivity (Wildman–Crippen MR) is 84.2 cm³/mol. The number of alkyl halides is 2. The number of carbonyl (C=O) groups excluding carboxylic acids is 1. The Balaban J connectivity index is 2.03. The van der Waals surface area contributed by atoms with Gasteiger partial charge in [0.25, 0.3) is 6.43 Å². The number of aromatic amines is 1. The van der Waals surface area contributed by atoms with E-state index in [4.69, 9.17) is 5.11 Å². The smallest absolute Gasteiger partial charge is 0.319 e. The molecule has 2 aromatic rings. The SMILES string of the molecule is CC(C)(CCC(=O)O)NC(=O)Nc1ccc2nc(C(F)F)[nH]c2c1. The number of carboxylic acids is 1. The van der Waals surface area contributed by atoms with Gasteiger partial charge in [-0.15, -0.1) is 0 Å². The number of aliphatic carboxylic acids is 1. The molecular formula is C15H18F2N4O3. The van der Waals surface area contributed by atoms with Crippen LogP contribution in [0.3, 0.4) is 0 Å². The number of hydrogen-bond donors (Lipinski definition) is 4. The summed E-state index contributed by atoms with van der Waals surface area (Å²) in [5, 5.41) is 14.0. The fraction of sp³-hybridized carbons (Fsp3) is 0.400. The van der Waals surface area contributed by atoms with Crippen LogP contribution in [0.1, 0.15) is 38.9 Å². The van der Waals surface area contributed by atoms with E-state index in [9.17, 15) is 18.4 Å².